The van der Waals surface area contributed by atoms with Crippen LogP contribution in [0.4, 0.5) is 17.6 Å². The molecule has 0 bridgehead atoms. The van der Waals surface area contributed by atoms with Crippen LogP contribution < -0.4 is 30.1 Å². The first kappa shape index (κ1) is 32.0. The van der Waals surface area contributed by atoms with Gasteiger partial charge in [0.25, 0.3) is 5.91 Å². The van der Waals surface area contributed by atoms with Crippen LogP contribution in [-0.4, -0.2) is 69.0 Å². The molecule has 0 aliphatic heterocycles. The third-order valence-corrected chi connectivity index (χ3v) is 5.73. The monoisotopic (exact) mass is 594 g/mol. The number of nitrogens with zero attached hydrogens (tertiary/aromatic N) is 2. The second-order valence-corrected chi connectivity index (χ2v) is 8.72. The van der Waals surface area contributed by atoms with E-state index < -0.39 is 23.8 Å². The third kappa shape index (κ3) is 9.52. The van der Waals surface area contributed by atoms with Crippen molar-refractivity contribution in [3.8, 4) is 28.7 Å². The number of aromatic hydroxyl groups is 1. The zero-order valence-electron chi connectivity index (χ0n) is 22.8. The molecule has 3 rings (SSSR count). The molecule has 3 aromatic rings. The van der Waals surface area contributed by atoms with Crippen LogP contribution in [-0.2, 0) is 6.54 Å². The lowest BCUT2D eigenvalue weighted by atomic mass is 10.2. The molecule has 0 aliphatic carbocycles. The van der Waals surface area contributed by atoms with E-state index in [0.29, 0.717) is 49.0 Å². The number of hydrogen-bond acceptors (Lipinski definition) is 9. The van der Waals surface area contributed by atoms with Gasteiger partial charge in [-0.25, -0.2) is 9.82 Å². The maximum Gasteiger partial charge on any atom is 0.573 e. The van der Waals surface area contributed by atoms with Gasteiger partial charge in [0.2, 0.25) is 5.75 Å². The number of phenols is 1. The number of alkyl halides is 3. The highest BCUT2D eigenvalue weighted by Crippen LogP contribution is 2.38. The Hall–Kier alpha value is -4.56. The normalized spacial score (nSPS) is 11.5. The van der Waals surface area contributed by atoms with Crippen LogP contribution in [0.25, 0.3) is 0 Å². The van der Waals surface area contributed by atoms with Crippen molar-refractivity contribution in [1.82, 2.24) is 10.3 Å². The topological polar surface area (TPSA) is 128 Å². The minimum Gasteiger partial charge on any atom is -0.505 e. The van der Waals surface area contributed by atoms with Gasteiger partial charge in [-0.1, -0.05) is 12.1 Å². The molecular weight excluding hydrogens is 564 g/mol. The van der Waals surface area contributed by atoms with E-state index in [0.717, 1.165) is 17.7 Å². The van der Waals surface area contributed by atoms with Crippen molar-refractivity contribution in [1.29, 1.82) is 0 Å². The van der Waals surface area contributed by atoms with Crippen LogP contribution >= 0.6 is 0 Å². The van der Waals surface area contributed by atoms with Gasteiger partial charge in [0.05, 0.1) is 20.4 Å². The van der Waals surface area contributed by atoms with Crippen LogP contribution in [0.5, 0.6) is 28.7 Å². The summed E-state index contributed by atoms with van der Waals surface area (Å²) < 4.78 is 71.5. The largest absolute Gasteiger partial charge is 0.573 e. The number of nitrogens with two attached hydrogens (primary N) is 1. The number of carbonyl (C=O) groups is 1. The van der Waals surface area contributed by atoms with Crippen molar-refractivity contribution in [2.75, 3.05) is 40.5 Å². The van der Waals surface area contributed by atoms with Crippen LogP contribution in [0.2, 0.25) is 0 Å². The first-order chi connectivity index (χ1) is 20.0. The predicted octanol–water partition coefficient (Wildman–Crippen LogP) is 4.05. The minimum atomic E-state index is -4.76. The zero-order valence-corrected chi connectivity index (χ0v) is 22.8. The second-order valence-electron chi connectivity index (χ2n) is 8.72. The van der Waals surface area contributed by atoms with Crippen LogP contribution in [0.1, 0.15) is 21.5 Å². The fourth-order valence-electron chi connectivity index (χ4n) is 3.78. The van der Waals surface area contributed by atoms with Crippen molar-refractivity contribution in [2.24, 2.45) is 10.8 Å². The Morgan fingerprint density at radius 3 is 2.29 bits per heavy atom. The predicted molar refractivity (Wildman–Crippen MR) is 146 cm³/mol. The Kier molecular flexibility index (Phi) is 11.3. The van der Waals surface area contributed by atoms with Gasteiger partial charge in [0.1, 0.15) is 12.4 Å². The average molecular weight is 595 g/mol. The molecule has 0 saturated heterocycles. The molecule has 4 N–H and O–H groups in total. The summed E-state index contributed by atoms with van der Waals surface area (Å²) in [5.74, 6) is -1.52. The number of halogens is 4. The van der Waals surface area contributed by atoms with E-state index in [9.17, 15) is 27.5 Å². The molecule has 0 fully saturated rings. The summed E-state index contributed by atoms with van der Waals surface area (Å²) in [7, 11) is 2.88. The van der Waals surface area contributed by atoms with Gasteiger partial charge in [-0.05, 0) is 48.0 Å². The number of ether oxygens (including phenoxy) is 4. The molecule has 1 amide bonds. The summed E-state index contributed by atoms with van der Waals surface area (Å²) in [4.78, 5) is 14.2. The van der Waals surface area contributed by atoms with Crippen LogP contribution in [0.3, 0.4) is 0 Å². The van der Waals surface area contributed by atoms with Gasteiger partial charge in [0, 0.05) is 37.3 Å². The number of rotatable bonds is 14. The first-order valence-electron chi connectivity index (χ1n) is 12.5. The summed E-state index contributed by atoms with van der Waals surface area (Å²) in [5, 5.41) is 13.1. The van der Waals surface area contributed by atoms with Gasteiger partial charge in [-0.2, -0.15) is 5.10 Å². The van der Waals surface area contributed by atoms with Gasteiger partial charge in [0.15, 0.2) is 23.1 Å². The lowest BCUT2D eigenvalue weighted by Gasteiger charge is -2.23. The average Bonchev–Trinajstić information content (AvgIpc) is 2.95. The number of carbonyl (C=O) groups excluding carboxylic acids is 1. The fourth-order valence-corrected chi connectivity index (χ4v) is 3.78. The Balaban J connectivity index is 1.62. The smallest absolute Gasteiger partial charge is 0.505 e. The molecule has 0 radical (unpaired) electrons. The second kappa shape index (κ2) is 14.9. The van der Waals surface area contributed by atoms with Gasteiger partial charge < -0.3 is 29.8 Å². The van der Waals surface area contributed by atoms with Crippen molar-refractivity contribution >= 4 is 12.1 Å². The quantitative estimate of drug-likeness (QED) is 0.145. The molecule has 0 aromatic heterocycles. The summed E-state index contributed by atoms with van der Waals surface area (Å²) in [6.45, 7) is 1.91. The molecule has 0 unspecified atom stereocenters. The fraction of sp³-hybridized carbons (Fsp3) is 0.286. The van der Waals surface area contributed by atoms with E-state index in [2.05, 4.69) is 15.3 Å². The van der Waals surface area contributed by atoms with Crippen molar-refractivity contribution in [2.45, 2.75) is 12.9 Å². The number of hydrazone groups is 1. The number of methoxy groups -OCH3 is 2. The molecule has 226 valence electrons. The lowest BCUT2D eigenvalue weighted by molar-refractivity contribution is -0.274. The molecule has 0 spiro atoms. The lowest BCUT2D eigenvalue weighted by Crippen LogP contribution is -2.32. The van der Waals surface area contributed by atoms with E-state index >= 15 is 0 Å². The number of benzene rings is 3. The summed E-state index contributed by atoms with van der Waals surface area (Å²) in [6, 6.07) is 12.0. The van der Waals surface area contributed by atoms with E-state index in [-0.39, 0.29) is 17.9 Å². The number of amides is 1. The van der Waals surface area contributed by atoms with E-state index in [4.69, 9.17) is 19.9 Å². The third-order valence-electron chi connectivity index (χ3n) is 5.73. The van der Waals surface area contributed by atoms with E-state index in [1.807, 2.05) is 4.90 Å². The van der Waals surface area contributed by atoms with Gasteiger partial charge >= 0.3 is 6.36 Å². The van der Waals surface area contributed by atoms with Crippen molar-refractivity contribution < 1.29 is 46.4 Å². The summed E-state index contributed by atoms with van der Waals surface area (Å²) in [5.41, 5.74) is 9.24. The molecule has 0 heterocycles. The maximum absolute atomic E-state index is 13.5. The highest BCUT2D eigenvalue weighted by Gasteiger charge is 2.31. The molecule has 14 heteroatoms. The molecule has 0 atom stereocenters. The Morgan fingerprint density at radius 1 is 1.05 bits per heavy atom. The first-order valence-corrected chi connectivity index (χ1v) is 12.5. The number of hydrogen-bond donors (Lipinski definition) is 3. The van der Waals surface area contributed by atoms with Crippen molar-refractivity contribution in [3.63, 3.8) is 0 Å². The van der Waals surface area contributed by atoms with Crippen LogP contribution in [0, 0.1) is 5.82 Å². The molecule has 42 heavy (non-hydrogen) atoms. The Bertz CT molecular complexity index is 1340. The van der Waals surface area contributed by atoms with E-state index in [1.54, 1.807) is 24.3 Å². The molecule has 0 saturated carbocycles. The highest BCUT2D eigenvalue weighted by molar-refractivity contribution is 5.95. The molecule has 10 nitrogen and oxygen atoms in total. The standard InChI is InChI=1S/C28H30F4N4O6/c1-39-24-13-19(16-34-35-27(38)20-5-8-23(37)22(29)15-20)14-25(40-2)26(24)41-12-11-36(10-9-33)17-18-3-6-21(7-4-18)42-28(30,31)32/h3-8,13-16,37H,9-12,17,33H2,1-2H3,(H,35,38)/b34-16+. The summed E-state index contributed by atoms with van der Waals surface area (Å²) in [6.07, 6.45) is -3.43. The zero-order chi connectivity index (χ0) is 30.7. The van der Waals surface area contributed by atoms with Crippen LogP contribution in [0.15, 0.2) is 59.7 Å². The molecule has 3 aromatic carbocycles. The Labute approximate surface area is 239 Å². The minimum absolute atomic E-state index is 0.0301. The summed E-state index contributed by atoms with van der Waals surface area (Å²) >= 11 is 0. The van der Waals surface area contributed by atoms with Gasteiger partial charge in [-0.15, -0.1) is 13.2 Å². The molecular formula is C28H30F4N4O6. The number of phenolic OH excluding ortho intramolecular Hbond substituents is 1. The number of nitrogens with one attached hydrogen (secondary N) is 1. The van der Waals surface area contributed by atoms with Crippen molar-refractivity contribution in [3.05, 3.63) is 77.1 Å². The highest BCUT2D eigenvalue weighted by atomic mass is 19.4. The van der Waals surface area contributed by atoms with E-state index in [1.165, 1.54) is 38.6 Å². The SMILES string of the molecule is COc1cc(/C=N/NC(=O)c2ccc(O)c(F)c2)cc(OC)c1OCCN(CCN)Cc1ccc(OC(F)(F)F)cc1. The van der Waals surface area contributed by atoms with Gasteiger partial charge in [-0.3, -0.25) is 9.69 Å². The molecule has 0 aliphatic rings. The maximum atomic E-state index is 13.5. The Morgan fingerprint density at radius 2 is 1.71 bits per heavy atom.